The third-order valence-corrected chi connectivity index (χ3v) is 22.3. The molecule has 0 spiro atoms. The van der Waals surface area contributed by atoms with E-state index in [0.717, 1.165) is 85.1 Å². The molecule has 0 aromatic heterocycles. The van der Waals surface area contributed by atoms with Gasteiger partial charge in [-0.25, -0.2) is 0 Å². The van der Waals surface area contributed by atoms with Crippen LogP contribution in [0.4, 0.5) is 85.3 Å². The summed E-state index contributed by atoms with van der Waals surface area (Å²) in [5.41, 5.74) is 29.5. The summed E-state index contributed by atoms with van der Waals surface area (Å²) in [6, 6.07) is 173. The third-order valence-electron chi connectivity index (χ3n) is 22.3. The molecule has 0 saturated carbocycles. The van der Waals surface area contributed by atoms with Gasteiger partial charge in [-0.3, -0.25) is 0 Å². The largest absolute Gasteiger partial charge is 0.345 e. The zero-order valence-corrected chi connectivity index (χ0v) is 67.8. The van der Waals surface area contributed by atoms with Gasteiger partial charge in [0.1, 0.15) is 0 Å². The highest BCUT2D eigenvalue weighted by atomic mass is 15.2. The highest BCUT2D eigenvalue weighted by molar-refractivity contribution is 5.97. The Labute approximate surface area is 710 Å². The summed E-state index contributed by atoms with van der Waals surface area (Å²) in [6.07, 6.45) is 0. The van der Waals surface area contributed by atoms with Crippen LogP contribution in [0.3, 0.4) is 0 Å². The van der Waals surface area contributed by atoms with Gasteiger partial charge in [-0.2, -0.15) is 5.26 Å². The fraction of sp³-hybridized carbons (Fsp3) is 0.0263. The molecular formula is C114H89N7. The van der Waals surface area contributed by atoms with Crippen LogP contribution in [-0.2, 0) is 0 Å². The van der Waals surface area contributed by atoms with Crippen molar-refractivity contribution in [3.8, 4) is 61.7 Å². The van der Waals surface area contributed by atoms with Gasteiger partial charge in [0.05, 0.1) is 11.6 Å². The lowest BCUT2D eigenvalue weighted by atomic mass is 10.0. The predicted molar refractivity (Wildman–Crippen MR) is 514 cm³/mol. The average molecular weight is 1560 g/mol. The van der Waals surface area contributed by atoms with E-state index in [2.05, 4.69) is 498 Å². The number of fused-ring (bicyclic) bond motifs is 2. The van der Waals surface area contributed by atoms with Crippen molar-refractivity contribution in [1.82, 2.24) is 0 Å². The van der Waals surface area contributed by atoms with Gasteiger partial charge in [0, 0.05) is 112 Å². The summed E-state index contributed by atoms with van der Waals surface area (Å²) in [5.74, 6) is 0. The first-order valence-corrected chi connectivity index (χ1v) is 40.9. The molecule has 0 atom stereocenters. The van der Waals surface area contributed by atoms with Crippen molar-refractivity contribution in [2.24, 2.45) is 0 Å². The molecule has 0 aliphatic rings. The average Bonchev–Trinajstić information content (AvgIpc) is 0.437. The second kappa shape index (κ2) is 36.9. The maximum Gasteiger partial charge on any atom is 0.0992 e. The molecule has 0 radical (unpaired) electrons. The SMILES string of the molecule is CN(c1ccc(-c2ccc(N(c3ccccc3)c3ccc(-c4ccccc4)cc3)cc2)cc1)c1cccc2ccccc12.CN(c1ccc(-c2ccc(N(c3ccccc3)c3ccc4ccccc4c3)cc2)cc1)c1cccc(C#N)c1.CN(c1ccccc1)c1ccc(-c2ccc(N(c3ccccc3)c3ccc(-c4ccccc4)cc3)cc2)cc1. The molecule has 580 valence electrons. The van der Waals surface area contributed by atoms with E-state index in [9.17, 15) is 5.26 Å². The van der Waals surface area contributed by atoms with E-state index in [1.54, 1.807) is 0 Å². The van der Waals surface area contributed by atoms with Gasteiger partial charge in [-0.15, -0.1) is 0 Å². The number of nitrogens with zero attached hydrogens (tertiary/aromatic N) is 7. The topological polar surface area (TPSA) is 43.2 Å². The van der Waals surface area contributed by atoms with E-state index in [1.807, 2.05) is 43.4 Å². The van der Waals surface area contributed by atoms with Crippen molar-refractivity contribution >= 4 is 107 Å². The number of para-hydroxylation sites is 4. The van der Waals surface area contributed by atoms with Gasteiger partial charge in [0.2, 0.25) is 0 Å². The van der Waals surface area contributed by atoms with Gasteiger partial charge in [0.25, 0.3) is 0 Å². The van der Waals surface area contributed by atoms with Gasteiger partial charge in [-0.05, 0) is 254 Å². The van der Waals surface area contributed by atoms with Crippen LogP contribution in [0.5, 0.6) is 0 Å². The number of hydrogen-bond acceptors (Lipinski definition) is 7. The van der Waals surface area contributed by atoms with Crippen molar-refractivity contribution in [1.29, 1.82) is 5.26 Å². The summed E-state index contributed by atoms with van der Waals surface area (Å²) >= 11 is 0. The molecule has 0 saturated heterocycles. The Hall–Kier alpha value is -16.0. The number of benzene rings is 19. The zero-order valence-electron chi connectivity index (χ0n) is 67.8. The van der Waals surface area contributed by atoms with Crippen LogP contribution in [0.25, 0.3) is 77.2 Å². The van der Waals surface area contributed by atoms with Crippen LogP contribution in [0, 0.1) is 11.3 Å². The lowest BCUT2D eigenvalue weighted by molar-refractivity contribution is 1.21. The zero-order chi connectivity index (χ0) is 82.1. The molecule has 7 heteroatoms. The standard InChI is InChI=1S/C41H32N2.C37H30N2.C36H27N3/c1-42(41-18-10-14-35-13-8-9-17-40(35)41)36-25-19-33(20-26-36)34-23-29-39(30-24-34)43(37-15-6-3-7-16-37)38-27-21-32(22-28-38)31-11-4-2-5-12-31;1-38(33-13-7-3-8-14-33)34-23-17-31(18-24-34)32-21-27-37(28-22-32)39(35-15-9-4-10-16-35)36-25-19-30(20-26-36)29-11-5-2-6-12-29;1-38(35-13-7-8-27(24-35)26-37)32-19-14-29(15-20-32)30-16-21-34(22-17-30)39(33-11-3-2-4-12-33)36-23-18-28-9-5-6-10-31(28)25-36/h2-30H,1H3;2-28H,1H3;2-25H,1H3. The summed E-state index contributed by atoms with van der Waals surface area (Å²) < 4.78 is 0. The number of anilines is 15. The molecular weight excluding hydrogens is 1470 g/mol. The monoisotopic (exact) mass is 1560 g/mol. The second-order valence-electron chi connectivity index (χ2n) is 29.8. The number of nitriles is 1. The molecule has 121 heavy (non-hydrogen) atoms. The van der Waals surface area contributed by atoms with Crippen molar-refractivity contribution in [3.05, 3.63) is 491 Å². The van der Waals surface area contributed by atoms with Gasteiger partial charge >= 0.3 is 0 Å². The molecule has 19 aromatic carbocycles. The molecule has 19 rings (SSSR count). The molecule has 7 nitrogen and oxygen atoms in total. The smallest absolute Gasteiger partial charge is 0.0992 e. The molecule has 0 aliphatic carbocycles. The molecule has 0 unspecified atom stereocenters. The van der Waals surface area contributed by atoms with E-state index < -0.39 is 0 Å². The maximum atomic E-state index is 9.23. The van der Waals surface area contributed by atoms with E-state index in [0.29, 0.717) is 5.56 Å². The van der Waals surface area contributed by atoms with Crippen LogP contribution < -0.4 is 29.4 Å². The first-order chi connectivity index (χ1) is 59.7. The van der Waals surface area contributed by atoms with Crippen molar-refractivity contribution in [3.63, 3.8) is 0 Å². The van der Waals surface area contributed by atoms with E-state index >= 15 is 0 Å². The minimum absolute atomic E-state index is 0.657. The van der Waals surface area contributed by atoms with Crippen LogP contribution in [0.1, 0.15) is 5.56 Å². The summed E-state index contributed by atoms with van der Waals surface area (Å²) in [4.78, 5) is 13.5. The Kier molecular flexibility index (Phi) is 23.6. The van der Waals surface area contributed by atoms with Crippen LogP contribution in [0.2, 0.25) is 0 Å². The Morgan fingerprint density at radius 2 is 0.405 bits per heavy atom. The van der Waals surface area contributed by atoms with Crippen LogP contribution in [-0.4, -0.2) is 21.1 Å². The quantitative estimate of drug-likeness (QED) is 0.0753. The predicted octanol–water partition coefficient (Wildman–Crippen LogP) is 31.3. The molecule has 19 aromatic rings. The molecule has 0 bridgehead atoms. The van der Waals surface area contributed by atoms with E-state index in [4.69, 9.17) is 0 Å². The summed E-state index contributed by atoms with van der Waals surface area (Å²) in [5, 5.41) is 14.2. The van der Waals surface area contributed by atoms with E-state index in [-0.39, 0.29) is 0 Å². The van der Waals surface area contributed by atoms with Crippen molar-refractivity contribution in [2.75, 3.05) is 50.5 Å². The fourth-order valence-electron chi connectivity index (χ4n) is 15.7. The Morgan fingerprint density at radius 3 is 0.777 bits per heavy atom. The first-order valence-electron chi connectivity index (χ1n) is 40.9. The molecule has 0 heterocycles. The molecule has 0 fully saturated rings. The van der Waals surface area contributed by atoms with Gasteiger partial charge in [-0.1, -0.05) is 303 Å². The third kappa shape index (κ3) is 18.0. The number of rotatable bonds is 20. The molecule has 0 N–H and O–H groups in total. The second-order valence-corrected chi connectivity index (χ2v) is 29.8. The molecule has 0 amide bonds. The van der Waals surface area contributed by atoms with E-state index in [1.165, 1.54) is 77.4 Å². The Bertz CT molecular complexity index is 6610. The highest BCUT2D eigenvalue weighted by Gasteiger charge is 2.19. The normalized spacial score (nSPS) is 10.8. The minimum atomic E-state index is 0.657. The van der Waals surface area contributed by atoms with Crippen molar-refractivity contribution in [2.45, 2.75) is 0 Å². The molecule has 0 aliphatic heterocycles. The number of hydrogen-bond donors (Lipinski definition) is 0. The fourth-order valence-corrected chi connectivity index (χ4v) is 15.7. The van der Waals surface area contributed by atoms with Gasteiger partial charge in [0.15, 0.2) is 0 Å². The van der Waals surface area contributed by atoms with Crippen molar-refractivity contribution < 1.29 is 0 Å². The minimum Gasteiger partial charge on any atom is -0.345 e. The summed E-state index contributed by atoms with van der Waals surface area (Å²) in [6.45, 7) is 0. The van der Waals surface area contributed by atoms with Crippen LogP contribution >= 0.6 is 0 Å². The maximum absolute atomic E-state index is 9.23. The highest BCUT2D eigenvalue weighted by Crippen LogP contribution is 2.43. The summed E-state index contributed by atoms with van der Waals surface area (Å²) in [7, 11) is 6.26. The lowest BCUT2D eigenvalue weighted by Crippen LogP contribution is -2.10. The first kappa shape index (κ1) is 77.6. The van der Waals surface area contributed by atoms with Gasteiger partial charge < -0.3 is 29.4 Å². The van der Waals surface area contributed by atoms with Crippen LogP contribution in [0.15, 0.2) is 485 Å². The Morgan fingerprint density at radius 1 is 0.165 bits per heavy atom. The lowest BCUT2D eigenvalue weighted by Gasteiger charge is -2.26. The Balaban J connectivity index is 0.000000129.